The second kappa shape index (κ2) is 3.31. The first-order chi connectivity index (χ1) is 7.75. The van der Waals surface area contributed by atoms with E-state index in [4.69, 9.17) is 10.3 Å². The lowest BCUT2D eigenvalue weighted by atomic mass is 10.1. The Bertz CT molecular complexity index is 643. The molecular formula is C11H9N3OS. The third-order valence-corrected chi connectivity index (χ3v) is 3.29. The third-order valence-electron chi connectivity index (χ3n) is 2.39. The van der Waals surface area contributed by atoms with Crippen LogP contribution in [0.25, 0.3) is 21.5 Å². The van der Waals surface area contributed by atoms with Crippen LogP contribution in [0, 0.1) is 6.92 Å². The van der Waals surface area contributed by atoms with Crippen LogP contribution >= 0.6 is 11.3 Å². The predicted octanol–water partition coefficient (Wildman–Crippen LogP) is 2.84. The van der Waals surface area contributed by atoms with Gasteiger partial charge in [-0.2, -0.15) is 0 Å². The number of anilines is 1. The van der Waals surface area contributed by atoms with Crippen LogP contribution < -0.4 is 5.73 Å². The SMILES string of the molecule is Cc1cc(-c2cccs2)c2c(N)noc2n1. The van der Waals surface area contributed by atoms with Crippen molar-refractivity contribution in [2.45, 2.75) is 6.92 Å². The van der Waals surface area contributed by atoms with Crippen LogP contribution in [-0.4, -0.2) is 10.1 Å². The lowest BCUT2D eigenvalue weighted by molar-refractivity contribution is 0.452. The van der Waals surface area contributed by atoms with Gasteiger partial charge in [0.25, 0.3) is 5.71 Å². The molecule has 0 saturated heterocycles. The van der Waals surface area contributed by atoms with Crippen LogP contribution in [0.3, 0.4) is 0 Å². The molecule has 3 heterocycles. The number of rotatable bonds is 1. The Morgan fingerprint density at radius 1 is 1.44 bits per heavy atom. The van der Waals surface area contributed by atoms with Crippen molar-refractivity contribution in [3.8, 4) is 10.4 Å². The largest absolute Gasteiger partial charge is 0.380 e. The molecule has 3 aromatic rings. The molecule has 0 unspecified atom stereocenters. The maximum Gasteiger partial charge on any atom is 0.260 e. The first kappa shape index (κ1) is 9.35. The highest BCUT2D eigenvalue weighted by atomic mass is 32.1. The van der Waals surface area contributed by atoms with Gasteiger partial charge in [-0.15, -0.1) is 11.3 Å². The molecule has 3 aromatic heterocycles. The minimum absolute atomic E-state index is 0.394. The lowest BCUT2D eigenvalue weighted by Crippen LogP contribution is -1.88. The number of nitrogens with two attached hydrogens (primary N) is 1. The molecule has 0 aliphatic carbocycles. The summed E-state index contributed by atoms with van der Waals surface area (Å²) in [6.07, 6.45) is 0. The lowest BCUT2D eigenvalue weighted by Gasteiger charge is -2.00. The van der Waals surface area contributed by atoms with Crippen LogP contribution in [0.1, 0.15) is 5.69 Å². The van der Waals surface area contributed by atoms with Crippen molar-refractivity contribution in [1.82, 2.24) is 10.1 Å². The zero-order valence-electron chi connectivity index (χ0n) is 8.60. The number of nitrogen functional groups attached to an aromatic ring is 1. The van der Waals surface area contributed by atoms with Gasteiger partial charge in [0.05, 0.1) is 5.39 Å². The van der Waals surface area contributed by atoms with Gasteiger partial charge < -0.3 is 10.3 Å². The van der Waals surface area contributed by atoms with Crippen molar-refractivity contribution in [2.75, 3.05) is 5.73 Å². The Hall–Kier alpha value is -1.88. The summed E-state index contributed by atoms with van der Waals surface area (Å²) in [7, 11) is 0. The average molecular weight is 231 g/mol. The molecule has 0 radical (unpaired) electrons. The van der Waals surface area contributed by atoms with E-state index in [2.05, 4.69) is 10.1 Å². The number of hydrogen-bond acceptors (Lipinski definition) is 5. The number of fused-ring (bicyclic) bond motifs is 1. The van der Waals surface area contributed by atoms with Crippen molar-refractivity contribution < 1.29 is 4.52 Å². The maximum absolute atomic E-state index is 5.79. The molecule has 0 bridgehead atoms. The number of thiophene rings is 1. The minimum atomic E-state index is 0.394. The molecule has 2 N–H and O–H groups in total. The molecule has 0 aromatic carbocycles. The van der Waals surface area contributed by atoms with Crippen molar-refractivity contribution >= 4 is 28.3 Å². The molecule has 0 aliphatic rings. The zero-order valence-corrected chi connectivity index (χ0v) is 9.41. The summed E-state index contributed by atoms with van der Waals surface area (Å²) in [5, 5.41) is 6.58. The van der Waals surface area contributed by atoms with E-state index in [0.717, 1.165) is 21.5 Å². The van der Waals surface area contributed by atoms with E-state index in [0.29, 0.717) is 11.5 Å². The molecule has 0 fully saturated rings. The Balaban J connectivity index is 2.42. The smallest absolute Gasteiger partial charge is 0.260 e. The minimum Gasteiger partial charge on any atom is -0.380 e. The van der Waals surface area contributed by atoms with Crippen LogP contribution in [-0.2, 0) is 0 Å². The Kier molecular flexibility index (Phi) is 1.94. The molecule has 0 saturated carbocycles. The van der Waals surface area contributed by atoms with E-state index in [9.17, 15) is 0 Å². The van der Waals surface area contributed by atoms with E-state index >= 15 is 0 Å². The highest BCUT2D eigenvalue weighted by molar-refractivity contribution is 7.13. The first-order valence-electron chi connectivity index (χ1n) is 4.82. The Morgan fingerprint density at radius 3 is 3.06 bits per heavy atom. The number of aryl methyl sites for hydroxylation is 1. The molecular weight excluding hydrogens is 222 g/mol. The summed E-state index contributed by atoms with van der Waals surface area (Å²) in [4.78, 5) is 5.41. The monoisotopic (exact) mass is 231 g/mol. The summed E-state index contributed by atoms with van der Waals surface area (Å²) < 4.78 is 5.09. The van der Waals surface area contributed by atoms with E-state index in [1.165, 1.54) is 0 Å². The standard InChI is InChI=1S/C11H9N3OS/c1-6-5-7(8-3-2-4-16-8)9-10(12)14-15-11(9)13-6/h2-5H,1H3,(H2,12,14). The zero-order chi connectivity index (χ0) is 11.1. The van der Waals surface area contributed by atoms with Gasteiger partial charge in [0.1, 0.15) is 0 Å². The summed E-state index contributed by atoms with van der Waals surface area (Å²) in [5.41, 5.74) is 8.23. The maximum atomic E-state index is 5.79. The van der Waals surface area contributed by atoms with Crippen LogP contribution in [0.5, 0.6) is 0 Å². The van der Waals surface area contributed by atoms with E-state index in [1.54, 1.807) is 11.3 Å². The quantitative estimate of drug-likeness (QED) is 0.699. The number of aromatic nitrogens is 2. The van der Waals surface area contributed by atoms with Gasteiger partial charge in [-0.25, -0.2) is 4.98 Å². The van der Waals surface area contributed by atoms with E-state index in [1.807, 2.05) is 30.5 Å². The van der Waals surface area contributed by atoms with Crippen molar-refractivity contribution in [1.29, 1.82) is 0 Å². The molecule has 16 heavy (non-hydrogen) atoms. The number of hydrogen-bond donors (Lipinski definition) is 1. The molecule has 80 valence electrons. The fourth-order valence-electron chi connectivity index (χ4n) is 1.72. The third kappa shape index (κ3) is 1.29. The van der Waals surface area contributed by atoms with Crippen LogP contribution in [0.15, 0.2) is 28.1 Å². The summed E-state index contributed by atoms with van der Waals surface area (Å²) in [5.74, 6) is 0.394. The highest BCUT2D eigenvalue weighted by Gasteiger charge is 2.14. The van der Waals surface area contributed by atoms with Gasteiger partial charge in [-0.05, 0) is 24.4 Å². The van der Waals surface area contributed by atoms with Gasteiger partial charge in [-0.1, -0.05) is 11.2 Å². The predicted molar refractivity (Wildman–Crippen MR) is 64.3 cm³/mol. The first-order valence-corrected chi connectivity index (χ1v) is 5.70. The summed E-state index contributed by atoms with van der Waals surface area (Å²) in [6.45, 7) is 1.93. The molecule has 0 atom stereocenters. The molecule has 0 aliphatic heterocycles. The fourth-order valence-corrected chi connectivity index (χ4v) is 2.47. The van der Waals surface area contributed by atoms with Gasteiger partial charge >= 0.3 is 0 Å². The molecule has 4 nitrogen and oxygen atoms in total. The Labute approximate surface area is 95.7 Å². The second-order valence-electron chi connectivity index (χ2n) is 3.54. The number of nitrogens with zero attached hydrogens (tertiary/aromatic N) is 2. The van der Waals surface area contributed by atoms with Crippen molar-refractivity contribution in [3.05, 3.63) is 29.3 Å². The summed E-state index contributed by atoms with van der Waals surface area (Å²) >= 11 is 1.66. The molecule has 5 heteroatoms. The summed E-state index contributed by atoms with van der Waals surface area (Å²) in [6, 6.07) is 6.05. The van der Waals surface area contributed by atoms with Crippen LogP contribution in [0.4, 0.5) is 5.82 Å². The van der Waals surface area contributed by atoms with Gasteiger partial charge in [0.2, 0.25) is 0 Å². The van der Waals surface area contributed by atoms with Gasteiger partial charge in [0.15, 0.2) is 5.82 Å². The van der Waals surface area contributed by atoms with Crippen LogP contribution in [0.2, 0.25) is 0 Å². The molecule has 0 amide bonds. The number of pyridine rings is 1. The normalized spacial score (nSPS) is 11.1. The fraction of sp³-hybridized carbons (Fsp3) is 0.0909. The molecule has 0 spiro atoms. The Morgan fingerprint density at radius 2 is 2.31 bits per heavy atom. The van der Waals surface area contributed by atoms with Gasteiger partial charge in [-0.3, -0.25) is 0 Å². The second-order valence-corrected chi connectivity index (χ2v) is 4.48. The van der Waals surface area contributed by atoms with E-state index < -0.39 is 0 Å². The molecule has 3 rings (SSSR count). The highest BCUT2D eigenvalue weighted by Crippen LogP contribution is 2.34. The van der Waals surface area contributed by atoms with E-state index in [-0.39, 0.29) is 0 Å². The van der Waals surface area contributed by atoms with Gasteiger partial charge in [0, 0.05) is 16.1 Å². The van der Waals surface area contributed by atoms with Crippen molar-refractivity contribution in [3.63, 3.8) is 0 Å². The van der Waals surface area contributed by atoms with Crippen molar-refractivity contribution in [2.24, 2.45) is 0 Å². The average Bonchev–Trinajstić information content (AvgIpc) is 2.87. The topological polar surface area (TPSA) is 64.9 Å².